The number of hydrogen-bond acceptors (Lipinski definition) is 4. The van der Waals surface area contributed by atoms with Gasteiger partial charge in [-0.1, -0.05) is 38.7 Å². The van der Waals surface area contributed by atoms with Crippen molar-refractivity contribution < 1.29 is 9.53 Å². The Balaban J connectivity index is 1.84. The number of amides is 1. The third-order valence-corrected chi connectivity index (χ3v) is 5.12. The Morgan fingerprint density at radius 3 is 2.55 bits per heavy atom. The van der Waals surface area contributed by atoms with E-state index in [4.69, 9.17) is 4.74 Å². The standard InChI is InChI=1S/C17H28N2O2S/c1-13(12-14-6-4-3-5-7-14)18-17(22-2)16(20)19-15-8-10-21-11-9-15/h14-15H,1,3-12H2,2H3,(H,19,20). The van der Waals surface area contributed by atoms with E-state index in [0.717, 1.165) is 38.2 Å². The van der Waals surface area contributed by atoms with Crippen LogP contribution in [0.2, 0.25) is 0 Å². The number of nitrogens with zero attached hydrogens (tertiary/aromatic N) is 1. The van der Waals surface area contributed by atoms with Crippen molar-refractivity contribution >= 4 is 22.7 Å². The Morgan fingerprint density at radius 2 is 1.91 bits per heavy atom. The number of aliphatic imine (C=N–C) groups is 1. The molecular weight excluding hydrogens is 296 g/mol. The van der Waals surface area contributed by atoms with Crippen molar-refractivity contribution in [3.8, 4) is 0 Å². The molecule has 1 saturated carbocycles. The van der Waals surface area contributed by atoms with Crippen molar-refractivity contribution in [2.45, 2.75) is 57.4 Å². The molecule has 0 atom stereocenters. The summed E-state index contributed by atoms with van der Waals surface area (Å²) in [6.07, 6.45) is 11.1. The number of ether oxygens (including phenoxy) is 1. The third kappa shape index (κ3) is 5.76. The predicted octanol–water partition coefficient (Wildman–Crippen LogP) is 3.53. The highest BCUT2D eigenvalue weighted by molar-refractivity contribution is 8.15. The molecule has 2 aliphatic rings. The predicted molar refractivity (Wildman–Crippen MR) is 93.3 cm³/mol. The molecule has 5 heteroatoms. The van der Waals surface area contributed by atoms with Crippen molar-refractivity contribution in [2.24, 2.45) is 10.9 Å². The van der Waals surface area contributed by atoms with Gasteiger partial charge in [-0.3, -0.25) is 4.79 Å². The van der Waals surface area contributed by atoms with Gasteiger partial charge in [0.15, 0.2) is 5.04 Å². The summed E-state index contributed by atoms with van der Waals surface area (Å²) in [5.74, 6) is 0.635. The van der Waals surface area contributed by atoms with Crippen LogP contribution < -0.4 is 5.32 Å². The highest BCUT2D eigenvalue weighted by atomic mass is 32.2. The van der Waals surface area contributed by atoms with Gasteiger partial charge in [-0.25, -0.2) is 4.99 Å². The zero-order valence-corrected chi connectivity index (χ0v) is 14.4. The molecule has 0 radical (unpaired) electrons. The van der Waals surface area contributed by atoms with E-state index < -0.39 is 0 Å². The maximum Gasteiger partial charge on any atom is 0.276 e. The van der Waals surface area contributed by atoms with Crippen molar-refractivity contribution in [3.05, 3.63) is 12.3 Å². The molecule has 1 aliphatic heterocycles. The molecule has 1 heterocycles. The Bertz CT molecular complexity index is 411. The Kier molecular flexibility index (Phi) is 7.46. The third-order valence-electron chi connectivity index (χ3n) is 4.45. The smallest absolute Gasteiger partial charge is 0.276 e. The van der Waals surface area contributed by atoms with Gasteiger partial charge in [0.2, 0.25) is 0 Å². The highest BCUT2D eigenvalue weighted by Gasteiger charge is 2.20. The van der Waals surface area contributed by atoms with Gasteiger partial charge in [-0.15, -0.1) is 11.8 Å². The summed E-state index contributed by atoms with van der Waals surface area (Å²) in [4.78, 5) is 16.8. The molecule has 1 aliphatic carbocycles. The van der Waals surface area contributed by atoms with Crippen LogP contribution in [-0.2, 0) is 9.53 Å². The minimum atomic E-state index is -0.0656. The van der Waals surface area contributed by atoms with E-state index in [2.05, 4.69) is 16.9 Å². The van der Waals surface area contributed by atoms with E-state index in [1.165, 1.54) is 43.9 Å². The Labute approximate surface area is 138 Å². The maximum atomic E-state index is 12.3. The molecule has 22 heavy (non-hydrogen) atoms. The first-order valence-electron chi connectivity index (χ1n) is 8.38. The van der Waals surface area contributed by atoms with Gasteiger partial charge < -0.3 is 10.1 Å². The quantitative estimate of drug-likeness (QED) is 0.636. The van der Waals surface area contributed by atoms with Crippen molar-refractivity contribution in [1.29, 1.82) is 0 Å². The van der Waals surface area contributed by atoms with E-state index in [9.17, 15) is 4.79 Å². The first-order valence-corrected chi connectivity index (χ1v) is 9.60. The molecule has 2 fully saturated rings. The minimum absolute atomic E-state index is 0.0656. The summed E-state index contributed by atoms with van der Waals surface area (Å²) < 4.78 is 5.32. The monoisotopic (exact) mass is 324 g/mol. The molecule has 1 N–H and O–H groups in total. The number of nitrogens with one attached hydrogen (secondary N) is 1. The fourth-order valence-corrected chi connectivity index (χ4v) is 3.66. The number of allylic oxidation sites excluding steroid dienone is 1. The van der Waals surface area contributed by atoms with Crippen LogP contribution in [0.4, 0.5) is 0 Å². The van der Waals surface area contributed by atoms with Gasteiger partial charge in [-0.05, 0) is 31.4 Å². The lowest BCUT2D eigenvalue weighted by Crippen LogP contribution is -2.41. The van der Waals surface area contributed by atoms with E-state index in [0.29, 0.717) is 11.0 Å². The molecule has 0 bridgehead atoms. The maximum absolute atomic E-state index is 12.3. The zero-order chi connectivity index (χ0) is 15.8. The van der Waals surface area contributed by atoms with E-state index in [1.54, 1.807) is 0 Å². The number of carbonyl (C=O) groups is 1. The van der Waals surface area contributed by atoms with Gasteiger partial charge in [0.25, 0.3) is 5.91 Å². The molecule has 0 spiro atoms. The molecule has 2 rings (SSSR count). The van der Waals surface area contributed by atoms with Gasteiger partial charge in [-0.2, -0.15) is 0 Å². The summed E-state index contributed by atoms with van der Waals surface area (Å²) in [6.45, 7) is 5.52. The van der Waals surface area contributed by atoms with Gasteiger partial charge in [0, 0.05) is 25.0 Å². The first kappa shape index (κ1) is 17.5. The van der Waals surface area contributed by atoms with Crippen LogP contribution in [0.5, 0.6) is 0 Å². The normalized spacial score (nSPS) is 21.6. The summed E-state index contributed by atoms with van der Waals surface area (Å²) in [5, 5.41) is 3.60. The van der Waals surface area contributed by atoms with Gasteiger partial charge in [0.05, 0.1) is 0 Å². The van der Waals surface area contributed by atoms with E-state index >= 15 is 0 Å². The Morgan fingerprint density at radius 1 is 1.23 bits per heavy atom. The van der Waals surface area contributed by atoms with E-state index in [-0.39, 0.29) is 11.9 Å². The summed E-state index contributed by atoms with van der Waals surface area (Å²) in [7, 11) is 0. The number of hydrogen-bond donors (Lipinski definition) is 1. The average Bonchev–Trinajstić information content (AvgIpc) is 2.54. The second-order valence-electron chi connectivity index (χ2n) is 6.26. The molecule has 1 amide bonds. The number of carbonyl (C=O) groups excluding carboxylic acids is 1. The summed E-state index contributed by atoms with van der Waals surface area (Å²) in [5.41, 5.74) is 0.846. The lowest BCUT2D eigenvalue weighted by molar-refractivity contribution is -0.115. The highest BCUT2D eigenvalue weighted by Crippen LogP contribution is 2.29. The molecule has 0 unspecified atom stereocenters. The Hall–Kier alpha value is -0.810. The SMILES string of the molecule is C=C(CC1CCCCC1)N=C(SC)C(=O)NC1CCOCC1. The van der Waals surface area contributed by atoms with Crippen LogP contribution in [0.1, 0.15) is 51.4 Å². The van der Waals surface area contributed by atoms with Crippen molar-refractivity contribution in [3.63, 3.8) is 0 Å². The van der Waals surface area contributed by atoms with Crippen molar-refractivity contribution in [2.75, 3.05) is 19.5 Å². The van der Waals surface area contributed by atoms with Crippen LogP contribution in [0.25, 0.3) is 0 Å². The zero-order valence-electron chi connectivity index (χ0n) is 13.6. The fraction of sp³-hybridized carbons (Fsp3) is 0.765. The molecule has 0 aromatic carbocycles. The molecule has 4 nitrogen and oxygen atoms in total. The van der Waals surface area contributed by atoms with Gasteiger partial charge >= 0.3 is 0 Å². The topological polar surface area (TPSA) is 50.7 Å². The van der Waals surface area contributed by atoms with Gasteiger partial charge in [0.1, 0.15) is 0 Å². The van der Waals surface area contributed by atoms with Crippen LogP contribution >= 0.6 is 11.8 Å². The second kappa shape index (κ2) is 9.36. The molecule has 0 aromatic rings. The van der Waals surface area contributed by atoms with Crippen LogP contribution in [0.15, 0.2) is 17.3 Å². The molecule has 124 valence electrons. The van der Waals surface area contributed by atoms with Crippen LogP contribution in [0.3, 0.4) is 0 Å². The lowest BCUT2D eigenvalue weighted by Gasteiger charge is -2.23. The molecule has 1 saturated heterocycles. The minimum Gasteiger partial charge on any atom is -0.381 e. The van der Waals surface area contributed by atoms with Crippen LogP contribution in [0, 0.1) is 5.92 Å². The fourth-order valence-electron chi connectivity index (χ4n) is 3.19. The van der Waals surface area contributed by atoms with Crippen molar-refractivity contribution in [1.82, 2.24) is 5.32 Å². The number of rotatable bonds is 4. The number of thioether (sulfide) groups is 1. The second-order valence-corrected chi connectivity index (χ2v) is 7.05. The first-order chi connectivity index (χ1) is 10.7. The molecule has 0 aromatic heterocycles. The lowest BCUT2D eigenvalue weighted by atomic mass is 9.86. The molecular formula is C17H28N2O2S. The summed E-state index contributed by atoms with van der Waals surface area (Å²) in [6, 6.07) is 0.213. The van der Waals surface area contributed by atoms with E-state index in [1.807, 2.05) is 6.26 Å². The average molecular weight is 324 g/mol. The van der Waals surface area contributed by atoms with Crippen LogP contribution in [-0.4, -0.2) is 36.5 Å². The largest absolute Gasteiger partial charge is 0.381 e. The summed E-state index contributed by atoms with van der Waals surface area (Å²) >= 11 is 1.40.